The second-order valence-corrected chi connectivity index (χ2v) is 9.63. The first-order valence-corrected chi connectivity index (χ1v) is 11.8. The molecule has 4 aliphatic rings. The third kappa shape index (κ3) is 4.16. The lowest BCUT2D eigenvalue weighted by Gasteiger charge is -2.30. The summed E-state index contributed by atoms with van der Waals surface area (Å²) in [6.07, 6.45) is 3.56. The highest BCUT2D eigenvalue weighted by molar-refractivity contribution is 9.10. The molecule has 12 heteroatoms. The number of hydrogen-bond donors (Lipinski definition) is 2. The van der Waals surface area contributed by atoms with Crippen LogP contribution in [0.4, 0.5) is 10.6 Å². The van der Waals surface area contributed by atoms with Crippen molar-refractivity contribution < 1.29 is 19.4 Å². The second kappa shape index (κ2) is 8.66. The van der Waals surface area contributed by atoms with Gasteiger partial charge in [0.15, 0.2) is 34.0 Å². The smallest absolute Gasteiger partial charge is 0.407 e. The van der Waals surface area contributed by atoms with Crippen molar-refractivity contribution >= 4 is 39.6 Å². The van der Waals surface area contributed by atoms with Crippen molar-refractivity contribution in [2.24, 2.45) is 5.92 Å². The minimum absolute atomic E-state index is 0.208. The van der Waals surface area contributed by atoms with Gasteiger partial charge in [-0.3, -0.25) is 0 Å². The fraction of sp³-hybridized carbons (Fsp3) is 0.400. The fourth-order valence-corrected chi connectivity index (χ4v) is 5.37. The Morgan fingerprint density at radius 1 is 1.31 bits per heavy atom. The van der Waals surface area contributed by atoms with E-state index in [4.69, 9.17) is 20.2 Å². The number of amides is 1. The summed E-state index contributed by atoms with van der Waals surface area (Å²) in [5, 5.41) is 9.82. The average Bonchev–Trinajstić information content (AvgIpc) is 3.41. The van der Waals surface area contributed by atoms with E-state index in [0.717, 1.165) is 28.6 Å². The maximum absolute atomic E-state index is 11.3. The van der Waals surface area contributed by atoms with Gasteiger partial charge in [-0.15, -0.1) is 0 Å². The number of imidazole rings is 1. The van der Waals surface area contributed by atoms with Gasteiger partial charge in [0, 0.05) is 29.0 Å². The highest BCUT2D eigenvalue weighted by atomic mass is 79.9. The van der Waals surface area contributed by atoms with E-state index in [1.54, 1.807) is 6.33 Å². The Morgan fingerprint density at radius 3 is 2.94 bits per heavy atom. The number of carbonyl (C=O) groups is 1. The highest BCUT2D eigenvalue weighted by Gasteiger charge is 2.25. The number of ether oxygens (including phenoxy) is 2. The molecule has 0 aromatic heterocycles. The number of aromatic nitrogens is 4. The standard InChI is InChI=1S/C20H21BrN6O4S/c21-12-6-13-14(31-10-30-13)7-15(12)32-19-24-16-17(22)23-9-27(18(16)25-19)5-3-11-2-1-4-26(8-11)20(28)29/h6-7,9,11H,1-5,8,10,22H2,(H,28,29). The van der Waals surface area contributed by atoms with Gasteiger partial charge in [0.2, 0.25) is 6.79 Å². The lowest BCUT2D eigenvalue weighted by molar-refractivity contribution is 0.117. The van der Waals surface area contributed by atoms with Crippen LogP contribution in [0, 0.1) is 5.92 Å². The number of benzene rings is 1. The van der Waals surface area contributed by atoms with Crippen molar-refractivity contribution in [2.45, 2.75) is 35.9 Å². The predicted octanol–water partition coefficient (Wildman–Crippen LogP) is 3.78. The number of carboxylic acid groups (broad SMARTS) is 1. The monoisotopic (exact) mass is 520 g/mol. The molecule has 0 radical (unpaired) electrons. The molecule has 10 nitrogen and oxygen atoms in total. The zero-order valence-corrected chi connectivity index (χ0v) is 19.4. The van der Waals surface area contributed by atoms with Crippen LogP contribution in [0.25, 0.3) is 11.5 Å². The van der Waals surface area contributed by atoms with Crippen LogP contribution in [0.3, 0.4) is 0 Å². The van der Waals surface area contributed by atoms with Gasteiger partial charge < -0.3 is 29.8 Å². The highest BCUT2D eigenvalue weighted by Crippen LogP contribution is 2.43. The molecule has 1 atom stereocenters. The van der Waals surface area contributed by atoms with E-state index in [1.807, 2.05) is 16.7 Å². The lowest BCUT2D eigenvalue weighted by atomic mass is 9.95. The first-order valence-electron chi connectivity index (χ1n) is 10.2. The van der Waals surface area contributed by atoms with E-state index >= 15 is 0 Å². The molecule has 32 heavy (non-hydrogen) atoms. The van der Waals surface area contributed by atoms with Gasteiger partial charge in [0.25, 0.3) is 0 Å². The average molecular weight is 521 g/mol. The Balaban J connectivity index is 1.35. The summed E-state index contributed by atoms with van der Waals surface area (Å²) in [4.78, 5) is 27.3. The summed E-state index contributed by atoms with van der Waals surface area (Å²) in [6, 6.07) is 3.76. The van der Waals surface area contributed by atoms with E-state index in [-0.39, 0.29) is 6.79 Å². The first kappa shape index (κ1) is 21.1. The zero-order chi connectivity index (χ0) is 22.2. The second-order valence-electron chi connectivity index (χ2n) is 7.77. The number of nitrogen functional groups attached to an aromatic ring is 1. The van der Waals surface area contributed by atoms with Crippen molar-refractivity contribution in [2.75, 3.05) is 25.6 Å². The molecule has 1 aromatic rings. The number of halogens is 1. The van der Waals surface area contributed by atoms with Gasteiger partial charge >= 0.3 is 6.09 Å². The van der Waals surface area contributed by atoms with Crippen LogP contribution in [-0.4, -0.2) is 55.5 Å². The molecule has 1 unspecified atom stereocenters. The topological polar surface area (TPSA) is 129 Å². The molecule has 4 heterocycles. The molecule has 1 amide bonds. The Kier molecular flexibility index (Phi) is 5.72. The van der Waals surface area contributed by atoms with Crippen LogP contribution < -0.4 is 15.2 Å². The largest absolute Gasteiger partial charge is 0.465 e. The van der Waals surface area contributed by atoms with Crippen LogP contribution in [0.15, 0.2) is 33.0 Å². The van der Waals surface area contributed by atoms with Gasteiger partial charge in [-0.2, -0.15) is 0 Å². The molecule has 1 fully saturated rings. The summed E-state index contributed by atoms with van der Waals surface area (Å²) < 4.78 is 13.7. The molecule has 0 spiro atoms. The van der Waals surface area contributed by atoms with Crippen LogP contribution in [0.2, 0.25) is 0 Å². The Labute approximate surface area is 196 Å². The predicted molar refractivity (Wildman–Crippen MR) is 120 cm³/mol. The van der Waals surface area contributed by atoms with Gasteiger partial charge in [-0.25, -0.2) is 19.7 Å². The summed E-state index contributed by atoms with van der Waals surface area (Å²) in [5.74, 6) is 2.69. The van der Waals surface area contributed by atoms with Crippen molar-refractivity contribution in [3.05, 3.63) is 22.9 Å². The summed E-state index contributed by atoms with van der Waals surface area (Å²) in [6.45, 7) is 2.04. The molecule has 1 aromatic carbocycles. The molecular formula is C20H21BrN6O4S. The van der Waals surface area contributed by atoms with Gasteiger partial charge in [-0.1, -0.05) is 0 Å². The zero-order valence-electron chi connectivity index (χ0n) is 17.0. The van der Waals surface area contributed by atoms with Crippen molar-refractivity contribution in [1.82, 2.24) is 24.4 Å². The van der Waals surface area contributed by atoms with Crippen LogP contribution in [0.1, 0.15) is 19.3 Å². The maximum atomic E-state index is 11.3. The third-order valence-corrected chi connectivity index (χ3v) is 7.51. The number of piperidine rings is 1. The molecular weight excluding hydrogens is 500 g/mol. The van der Waals surface area contributed by atoms with Crippen molar-refractivity contribution in [3.63, 3.8) is 0 Å². The van der Waals surface area contributed by atoms with E-state index in [1.165, 1.54) is 16.7 Å². The number of fused-ring (bicyclic) bond motifs is 2. The molecule has 0 bridgehead atoms. The molecule has 0 saturated carbocycles. The summed E-state index contributed by atoms with van der Waals surface area (Å²) in [5.41, 5.74) is 6.63. The van der Waals surface area contributed by atoms with E-state index in [2.05, 4.69) is 25.9 Å². The van der Waals surface area contributed by atoms with E-state index < -0.39 is 6.09 Å². The minimum Gasteiger partial charge on any atom is -0.465 e. The maximum Gasteiger partial charge on any atom is 0.407 e. The van der Waals surface area contributed by atoms with E-state index in [0.29, 0.717) is 59.5 Å². The van der Waals surface area contributed by atoms with Crippen molar-refractivity contribution in [1.29, 1.82) is 0 Å². The molecule has 0 aliphatic carbocycles. The number of likely N-dealkylation sites (tertiary alicyclic amines) is 1. The molecule has 4 aliphatic heterocycles. The van der Waals surface area contributed by atoms with Gasteiger partial charge in [-0.05, 0) is 65.0 Å². The van der Waals surface area contributed by atoms with E-state index in [9.17, 15) is 9.90 Å². The van der Waals surface area contributed by atoms with Gasteiger partial charge in [0.1, 0.15) is 0 Å². The Bertz CT molecular complexity index is 1140. The normalized spacial score (nSPS) is 17.8. The fourth-order valence-electron chi connectivity index (χ4n) is 4.01. The first-order chi connectivity index (χ1) is 15.5. The van der Waals surface area contributed by atoms with Crippen molar-refractivity contribution in [3.8, 4) is 23.0 Å². The minimum atomic E-state index is -0.850. The molecule has 1 saturated heterocycles. The van der Waals surface area contributed by atoms with Crippen LogP contribution in [-0.2, 0) is 6.54 Å². The molecule has 3 N–H and O–H groups in total. The number of anilines is 1. The number of aryl methyl sites for hydroxylation is 1. The van der Waals surface area contributed by atoms with Gasteiger partial charge in [0.05, 0.1) is 6.33 Å². The summed E-state index contributed by atoms with van der Waals surface area (Å²) in [7, 11) is 0. The van der Waals surface area contributed by atoms with Crippen LogP contribution >= 0.6 is 27.7 Å². The molecule has 5 rings (SSSR count). The molecule has 168 valence electrons. The number of nitrogens with two attached hydrogens (primary N) is 1. The summed E-state index contributed by atoms with van der Waals surface area (Å²) >= 11 is 4.96. The quantitative estimate of drug-likeness (QED) is 0.515. The SMILES string of the molecule is Nc1ncn(CCC2CCCN(C(=O)O)C2)c2nc(Sc3cc4c(cc3Br)OCO4)nc1-2. The lowest BCUT2D eigenvalue weighted by Crippen LogP contribution is -2.39. The van der Waals surface area contributed by atoms with Crippen LogP contribution in [0.5, 0.6) is 11.5 Å². The Morgan fingerprint density at radius 2 is 2.12 bits per heavy atom. The third-order valence-electron chi connectivity index (χ3n) is 5.67. The number of rotatable bonds is 5. The Hall–Kier alpha value is -2.73. The number of hydrogen-bond acceptors (Lipinski definition) is 8. The number of nitrogens with zero attached hydrogens (tertiary/aromatic N) is 5.